The van der Waals surface area contributed by atoms with Gasteiger partial charge in [0.1, 0.15) is 5.75 Å². The van der Waals surface area contributed by atoms with Crippen molar-refractivity contribution in [1.82, 2.24) is 0 Å². The minimum absolute atomic E-state index is 0.0345. The van der Waals surface area contributed by atoms with Gasteiger partial charge in [-0.1, -0.05) is 17.7 Å². The minimum Gasteiger partial charge on any atom is -0.423 e. The van der Waals surface area contributed by atoms with E-state index in [0.717, 1.165) is 0 Å². The van der Waals surface area contributed by atoms with Crippen LogP contribution in [-0.4, -0.2) is 11.8 Å². The lowest BCUT2D eigenvalue weighted by molar-refractivity contribution is 0.0734. The average molecular weight is 275 g/mol. The van der Waals surface area contributed by atoms with Crippen molar-refractivity contribution in [3.63, 3.8) is 0 Å². The number of halogens is 1. The predicted molar refractivity (Wildman–Crippen MR) is 72.9 cm³/mol. The van der Waals surface area contributed by atoms with Gasteiger partial charge in [0, 0.05) is 10.6 Å². The molecule has 0 saturated heterocycles. The lowest BCUT2D eigenvalue weighted by Crippen LogP contribution is -2.08. The Morgan fingerprint density at radius 3 is 2.26 bits per heavy atom. The molecular formula is C15H11ClO3. The first-order chi connectivity index (χ1) is 9.06. The number of hydrogen-bond acceptors (Lipinski definition) is 3. The van der Waals surface area contributed by atoms with Crippen LogP contribution in [0.3, 0.4) is 0 Å². The zero-order valence-corrected chi connectivity index (χ0v) is 11.0. The van der Waals surface area contributed by atoms with Gasteiger partial charge in [-0.15, -0.1) is 0 Å². The number of hydrogen-bond donors (Lipinski definition) is 0. The molecule has 0 saturated carbocycles. The van der Waals surface area contributed by atoms with Crippen molar-refractivity contribution >= 4 is 23.4 Å². The number of benzene rings is 2. The number of Topliss-reactive ketones (excluding diaryl/α,β-unsaturated/α-hetero) is 1. The summed E-state index contributed by atoms with van der Waals surface area (Å²) in [7, 11) is 0. The van der Waals surface area contributed by atoms with Crippen LogP contribution in [0.15, 0.2) is 48.5 Å². The lowest BCUT2D eigenvalue weighted by Gasteiger charge is -2.05. The molecule has 4 heteroatoms. The van der Waals surface area contributed by atoms with Gasteiger partial charge in [0.2, 0.25) is 0 Å². The molecule has 0 N–H and O–H groups in total. The van der Waals surface area contributed by atoms with E-state index in [0.29, 0.717) is 21.9 Å². The Balaban J connectivity index is 2.13. The second-order valence-electron chi connectivity index (χ2n) is 3.98. The van der Waals surface area contributed by atoms with Crippen LogP contribution in [0, 0.1) is 0 Å². The predicted octanol–water partition coefficient (Wildman–Crippen LogP) is 3.76. The molecule has 0 atom stereocenters. The molecule has 0 unspecified atom stereocenters. The van der Waals surface area contributed by atoms with Crippen LogP contribution in [0.1, 0.15) is 27.6 Å². The van der Waals surface area contributed by atoms with Crippen LogP contribution < -0.4 is 4.74 Å². The molecule has 0 bridgehead atoms. The summed E-state index contributed by atoms with van der Waals surface area (Å²) in [6, 6.07) is 12.9. The topological polar surface area (TPSA) is 43.4 Å². The SMILES string of the molecule is CC(=O)c1ccc(OC(=O)c2cccc(Cl)c2)cc1. The van der Waals surface area contributed by atoms with E-state index in [4.69, 9.17) is 16.3 Å². The van der Waals surface area contributed by atoms with Gasteiger partial charge < -0.3 is 4.74 Å². The van der Waals surface area contributed by atoms with Crippen LogP contribution in [0.5, 0.6) is 5.75 Å². The highest BCUT2D eigenvalue weighted by molar-refractivity contribution is 6.30. The third-order valence-corrected chi connectivity index (χ3v) is 2.77. The van der Waals surface area contributed by atoms with E-state index in [2.05, 4.69) is 0 Å². The van der Waals surface area contributed by atoms with Crippen molar-refractivity contribution in [3.05, 3.63) is 64.7 Å². The summed E-state index contributed by atoms with van der Waals surface area (Å²) in [5.74, 6) is -0.138. The van der Waals surface area contributed by atoms with Crippen LogP contribution in [0.2, 0.25) is 5.02 Å². The first-order valence-electron chi connectivity index (χ1n) is 5.65. The van der Waals surface area contributed by atoms with Crippen molar-refractivity contribution in [3.8, 4) is 5.75 Å². The Hall–Kier alpha value is -2.13. The maximum Gasteiger partial charge on any atom is 0.343 e. The molecule has 0 aliphatic carbocycles. The second-order valence-corrected chi connectivity index (χ2v) is 4.42. The number of esters is 1. The molecule has 0 spiro atoms. The third-order valence-electron chi connectivity index (χ3n) is 2.53. The van der Waals surface area contributed by atoms with E-state index in [1.807, 2.05) is 0 Å². The number of carbonyl (C=O) groups is 2. The van der Waals surface area contributed by atoms with Gasteiger partial charge in [0.25, 0.3) is 0 Å². The molecule has 0 aliphatic rings. The van der Waals surface area contributed by atoms with E-state index in [1.54, 1.807) is 42.5 Å². The van der Waals surface area contributed by atoms with Crippen molar-refractivity contribution in [2.45, 2.75) is 6.92 Å². The highest BCUT2D eigenvalue weighted by atomic mass is 35.5. The molecule has 0 aliphatic heterocycles. The first-order valence-corrected chi connectivity index (χ1v) is 6.03. The van der Waals surface area contributed by atoms with Gasteiger partial charge >= 0.3 is 5.97 Å². The normalized spacial score (nSPS) is 10.0. The molecular weight excluding hydrogens is 264 g/mol. The quantitative estimate of drug-likeness (QED) is 0.486. The maximum absolute atomic E-state index is 11.8. The Labute approximate surface area is 115 Å². The number of carbonyl (C=O) groups excluding carboxylic acids is 2. The maximum atomic E-state index is 11.8. The molecule has 2 aromatic carbocycles. The van der Waals surface area contributed by atoms with Crippen LogP contribution in [0.25, 0.3) is 0 Å². The zero-order chi connectivity index (χ0) is 13.8. The minimum atomic E-state index is -0.488. The Morgan fingerprint density at radius 2 is 1.68 bits per heavy atom. The fourth-order valence-electron chi connectivity index (χ4n) is 1.54. The average Bonchev–Trinajstić information content (AvgIpc) is 2.39. The molecule has 19 heavy (non-hydrogen) atoms. The second kappa shape index (κ2) is 5.67. The van der Waals surface area contributed by atoms with Crippen molar-refractivity contribution in [1.29, 1.82) is 0 Å². The summed E-state index contributed by atoms with van der Waals surface area (Å²) in [5.41, 5.74) is 0.950. The fraction of sp³-hybridized carbons (Fsp3) is 0.0667. The monoisotopic (exact) mass is 274 g/mol. The third kappa shape index (κ3) is 3.42. The van der Waals surface area contributed by atoms with Crippen molar-refractivity contribution < 1.29 is 14.3 Å². The molecule has 2 rings (SSSR count). The Morgan fingerprint density at radius 1 is 1.00 bits per heavy atom. The zero-order valence-electron chi connectivity index (χ0n) is 10.2. The summed E-state index contributed by atoms with van der Waals surface area (Å²) < 4.78 is 5.18. The molecule has 0 radical (unpaired) electrons. The summed E-state index contributed by atoms with van der Waals surface area (Å²) in [5, 5.41) is 0.473. The van der Waals surface area contributed by atoms with Crippen molar-refractivity contribution in [2.24, 2.45) is 0 Å². The van der Waals surface area contributed by atoms with Crippen LogP contribution in [0.4, 0.5) is 0 Å². The van der Waals surface area contributed by atoms with E-state index >= 15 is 0 Å². The van der Waals surface area contributed by atoms with Gasteiger partial charge in [-0.3, -0.25) is 4.79 Å². The van der Waals surface area contributed by atoms with Crippen LogP contribution >= 0.6 is 11.6 Å². The van der Waals surface area contributed by atoms with E-state index in [1.165, 1.54) is 13.0 Å². The molecule has 0 heterocycles. The summed E-state index contributed by atoms with van der Waals surface area (Å²) >= 11 is 5.80. The summed E-state index contributed by atoms with van der Waals surface area (Å²) in [4.78, 5) is 23.0. The molecule has 96 valence electrons. The van der Waals surface area contributed by atoms with Gasteiger partial charge in [-0.2, -0.15) is 0 Å². The summed E-state index contributed by atoms with van der Waals surface area (Å²) in [6.45, 7) is 1.48. The Kier molecular flexibility index (Phi) is 3.97. The molecule has 0 aromatic heterocycles. The highest BCUT2D eigenvalue weighted by Crippen LogP contribution is 2.16. The highest BCUT2D eigenvalue weighted by Gasteiger charge is 2.09. The smallest absolute Gasteiger partial charge is 0.343 e. The largest absolute Gasteiger partial charge is 0.423 e. The van der Waals surface area contributed by atoms with Gasteiger partial charge in [0.05, 0.1) is 5.56 Å². The van der Waals surface area contributed by atoms with Crippen molar-refractivity contribution in [2.75, 3.05) is 0 Å². The van der Waals surface area contributed by atoms with E-state index < -0.39 is 5.97 Å². The van der Waals surface area contributed by atoms with Gasteiger partial charge in [-0.25, -0.2) is 4.79 Å². The standard InChI is InChI=1S/C15H11ClO3/c1-10(17)11-5-7-14(8-6-11)19-15(18)12-3-2-4-13(16)9-12/h2-9H,1H3. The Bertz CT molecular complexity index is 618. The van der Waals surface area contributed by atoms with E-state index in [-0.39, 0.29) is 5.78 Å². The fourth-order valence-corrected chi connectivity index (χ4v) is 1.73. The number of ketones is 1. The first kappa shape index (κ1) is 13.3. The van der Waals surface area contributed by atoms with Gasteiger partial charge in [0.15, 0.2) is 5.78 Å². The van der Waals surface area contributed by atoms with Crippen LogP contribution in [-0.2, 0) is 0 Å². The molecule has 2 aromatic rings. The molecule has 0 amide bonds. The molecule has 0 fully saturated rings. The number of ether oxygens (including phenoxy) is 1. The lowest BCUT2D eigenvalue weighted by atomic mass is 10.1. The van der Waals surface area contributed by atoms with Gasteiger partial charge in [-0.05, 0) is 49.4 Å². The number of rotatable bonds is 3. The van der Waals surface area contributed by atoms with E-state index in [9.17, 15) is 9.59 Å². The summed E-state index contributed by atoms with van der Waals surface area (Å²) in [6.07, 6.45) is 0. The molecule has 3 nitrogen and oxygen atoms in total.